The summed E-state index contributed by atoms with van der Waals surface area (Å²) >= 11 is 0. The average molecular weight is 472 g/mol. The highest BCUT2D eigenvalue weighted by atomic mass is 35.5. The van der Waals surface area contributed by atoms with Crippen molar-refractivity contribution >= 4 is 35.6 Å². The first-order valence-corrected chi connectivity index (χ1v) is 11.1. The molecule has 7 heteroatoms. The van der Waals surface area contributed by atoms with Gasteiger partial charge < -0.3 is 21.1 Å². The normalized spacial score (nSPS) is 15.3. The van der Waals surface area contributed by atoms with Gasteiger partial charge >= 0.3 is 0 Å². The molecule has 178 valence electrons. The van der Waals surface area contributed by atoms with Gasteiger partial charge in [-0.3, -0.25) is 9.59 Å². The standard InChI is InChI=1S/C26H33N3O3.ClH/c1-15(2)7-6-8-23(30)29-12-11-19-9-10-20(27)14-21(19)24(29)26(32)28-22-13-16(3)25(31)18(5)17(22)4;/h6,8-10,13-15,24,31H,7,11-12,27H2,1-5H3,(H,28,32);1H/b8-6+;. The highest BCUT2D eigenvalue weighted by molar-refractivity contribution is 6.01. The van der Waals surface area contributed by atoms with Crippen LogP contribution in [0.5, 0.6) is 5.75 Å². The number of hydrogen-bond donors (Lipinski definition) is 3. The first-order valence-electron chi connectivity index (χ1n) is 11.1. The Balaban J connectivity index is 0.00000385. The number of hydrogen-bond acceptors (Lipinski definition) is 4. The molecule has 6 nitrogen and oxygen atoms in total. The Morgan fingerprint density at radius 2 is 1.91 bits per heavy atom. The summed E-state index contributed by atoms with van der Waals surface area (Å²) in [5.74, 6) is 0.191. The van der Waals surface area contributed by atoms with Gasteiger partial charge in [0.05, 0.1) is 0 Å². The summed E-state index contributed by atoms with van der Waals surface area (Å²) in [5.41, 5.74) is 11.2. The third kappa shape index (κ3) is 5.69. The van der Waals surface area contributed by atoms with Crippen LogP contribution in [0.4, 0.5) is 11.4 Å². The van der Waals surface area contributed by atoms with Crippen LogP contribution in [0.3, 0.4) is 0 Å². The number of nitrogens with zero attached hydrogens (tertiary/aromatic N) is 1. The van der Waals surface area contributed by atoms with Crippen molar-refractivity contribution in [1.29, 1.82) is 0 Å². The molecule has 0 saturated heterocycles. The lowest BCUT2D eigenvalue weighted by Crippen LogP contribution is -2.44. The molecule has 0 spiro atoms. The van der Waals surface area contributed by atoms with E-state index in [-0.39, 0.29) is 30.0 Å². The predicted octanol–water partition coefficient (Wildman–Crippen LogP) is 4.99. The highest BCUT2D eigenvalue weighted by Crippen LogP contribution is 2.35. The number of halogens is 1. The number of fused-ring (bicyclic) bond motifs is 1. The third-order valence-electron chi connectivity index (χ3n) is 6.11. The first-order chi connectivity index (χ1) is 15.1. The Kier molecular flexibility index (Phi) is 8.56. The molecule has 0 radical (unpaired) electrons. The van der Waals surface area contributed by atoms with E-state index in [1.807, 2.05) is 32.1 Å². The quantitative estimate of drug-likeness (QED) is 0.325. The Morgan fingerprint density at radius 3 is 2.58 bits per heavy atom. The summed E-state index contributed by atoms with van der Waals surface area (Å²) in [4.78, 5) is 28.2. The second-order valence-electron chi connectivity index (χ2n) is 9.00. The van der Waals surface area contributed by atoms with Crippen LogP contribution in [0, 0.1) is 26.7 Å². The van der Waals surface area contributed by atoms with Crippen LogP contribution in [0.1, 0.15) is 54.1 Å². The van der Waals surface area contributed by atoms with E-state index in [2.05, 4.69) is 19.2 Å². The fourth-order valence-electron chi connectivity index (χ4n) is 4.09. The van der Waals surface area contributed by atoms with Gasteiger partial charge in [-0.25, -0.2) is 0 Å². The molecular formula is C26H34ClN3O3. The van der Waals surface area contributed by atoms with Gasteiger partial charge in [-0.05, 0) is 91.6 Å². The smallest absolute Gasteiger partial charge is 0.251 e. The Morgan fingerprint density at radius 1 is 1.21 bits per heavy atom. The molecule has 0 saturated carbocycles. The largest absolute Gasteiger partial charge is 0.507 e. The van der Waals surface area contributed by atoms with E-state index in [0.717, 1.165) is 28.7 Å². The number of phenolic OH excluding ortho intramolecular Hbond substituents is 1. The van der Waals surface area contributed by atoms with E-state index in [9.17, 15) is 14.7 Å². The monoisotopic (exact) mass is 471 g/mol. The molecule has 1 aliphatic heterocycles. The van der Waals surface area contributed by atoms with Crippen LogP contribution in [-0.2, 0) is 16.0 Å². The second-order valence-corrected chi connectivity index (χ2v) is 9.00. The second kappa shape index (κ2) is 10.8. The Labute approximate surface area is 202 Å². The van der Waals surface area contributed by atoms with E-state index >= 15 is 0 Å². The Bertz CT molecular complexity index is 1080. The van der Waals surface area contributed by atoms with E-state index in [0.29, 0.717) is 35.8 Å². The maximum Gasteiger partial charge on any atom is 0.251 e. The number of nitrogens with two attached hydrogens (primary N) is 1. The lowest BCUT2D eigenvalue weighted by Gasteiger charge is -2.36. The molecule has 1 atom stereocenters. The number of allylic oxidation sites excluding steroid dienone is 1. The van der Waals surface area contributed by atoms with Crippen molar-refractivity contribution in [2.45, 2.75) is 53.5 Å². The van der Waals surface area contributed by atoms with Gasteiger partial charge in [0.1, 0.15) is 11.8 Å². The molecule has 0 bridgehead atoms. The third-order valence-corrected chi connectivity index (χ3v) is 6.11. The molecule has 33 heavy (non-hydrogen) atoms. The molecular weight excluding hydrogens is 438 g/mol. The minimum absolute atomic E-state index is 0. The topological polar surface area (TPSA) is 95.7 Å². The minimum Gasteiger partial charge on any atom is -0.507 e. The predicted molar refractivity (Wildman–Crippen MR) is 136 cm³/mol. The number of aryl methyl sites for hydroxylation is 1. The summed E-state index contributed by atoms with van der Waals surface area (Å²) in [6.45, 7) is 10.1. The van der Waals surface area contributed by atoms with Crippen molar-refractivity contribution < 1.29 is 14.7 Å². The highest BCUT2D eigenvalue weighted by Gasteiger charge is 2.35. The van der Waals surface area contributed by atoms with Gasteiger partial charge in [-0.1, -0.05) is 26.0 Å². The molecule has 4 N–H and O–H groups in total. The maximum absolute atomic E-state index is 13.6. The van der Waals surface area contributed by atoms with E-state index in [1.165, 1.54) is 0 Å². The number of nitrogen functional groups attached to an aromatic ring is 1. The summed E-state index contributed by atoms with van der Waals surface area (Å²) < 4.78 is 0. The number of nitrogens with one attached hydrogen (secondary N) is 1. The molecule has 2 aromatic rings. The molecule has 1 aliphatic rings. The summed E-state index contributed by atoms with van der Waals surface area (Å²) in [6.07, 6.45) is 4.90. The molecule has 1 heterocycles. The zero-order chi connectivity index (χ0) is 23.6. The van der Waals surface area contributed by atoms with Gasteiger partial charge in [0.2, 0.25) is 5.91 Å². The van der Waals surface area contributed by atoms with E-state index in [4.69, 9.17) is 5.73 Å². The van der Waals surface area contributed by atoms with Gasteiger partial charge in [0.25, 0.3) is 5.91 Å². The number of carbonyl (C=O) groups is 2. The van der Waals surface area contributed by atoms with Crippen molar-refractivity contribution in [3.63, 3.8) is 0 Å². The molecule has 0 aromatic heterocycles. The van der Waals surface area contributed by atoms with Crippen LogP contribution in [0.25, 0.3) is 0 Å². The van der Waals surface area contributed by atoms with Crippen molar-refractivity contribution in [3.05, 3.63) is 64.2 Å². The van der Waals surface area contributed by atoms with Gasteiger partial charge in [0, 0.05) is 17.9 Å². The number of amides is 2. The number of anilines is 2. The zero-order valence-electron chi connectivity index (χ0n) is 19.9. The molecule has 2 aromatic carbocycles. The molecule has 2 amide bonds. The van der Waals surface area contributed by atoms with Crippen LogP contribution in [0.15, 0.2) is 36.4 Å². The Hall–Kier alpha value is -2.99. The maximum atomic E-state index is 13.6. The van der Waals surface area contributed by atoms with Crippen molar-refractivity contribution in [2.75, 3.05) is 17.6 Å². The first kappa shape index (κ1) is 26.3. The minimum atomic E-state index is -0.785. The van der Waals surface area contributed by atoms with Crippen molar-refractivity contribution in [1.82, 2.24) is 4.90 Å². The van der Waals surface area contributed by atoms with Gasteiger partial charge in [0.15, 0.2) is 0 Å². The number of rotatable bonds is 5. The van der Waals surface area contributed by atoms with Crippen LogP contribution >= 0.6 is 12.4 Å². The average Bonchev–Trinajstić information content (AvgIpc) is 2.74. The van der Waals surface area contributed by atoms with Crippen LogP contribution in [-0.4, -0.2) is 28.4 Å². The number of benzene rings is 2. The van der Waals surface area contributed by atoms with Crippen molar-refractivity contribution in [3.8, 4) is 5.75 Å². The summed E-state index contributed by atoms with van der Waals surface area (Å²) in [7, 11) is 0. The molecule has 3 rings (SSSR count). The fraction of sp³-hybridized carbons (Fsp3) is 0.385. The number of carbonyl (C=O) groups excluding carboxylic acids is 2. The molecule has 0 aliphatic carbocycles. The van der Waals surface area contributed by atoms with Crippen LogP contribution in [0.2, 0.25) is 0 Å². The fourth-order valence-corrected chi connectivity index (χ4v) is 4.09. The van der Waals surface area contributed by atoms with Gasteiger partial charge in [-0.2, -0.15) is 0 Å². The zero-order valence-corrected chi connectivity index (χ0v) is 20.8. The lowest BCUT2D eigenvalue weighted by molar-refractivity contribution is -0.135. The van der Waals surface area contributed by atoms with Crippen LogP contribution < -0.4 is 11.1 Å². The molecule has 1 unspecified atom stereocenters. The van der Waals surface area contributed by atoms with Gasteiger partial charge in [-0.15, -0.1) is 12.4 Å². The van der Waals surface area contributed by atoms with Crippen molar-refractivity contribution in [2.24, 2.45) is 5.92 Å². The van der Waals surface area contributed by atoms with E-state index in [1.54, 1.807) is 30.0 Å². The SMILES string of the molecule is Cc1cc(NC(=O)C2c3cc(N)ccc3CCN2C(=O)/C=C/CC(C)C)c(C)c(C)c1O.Cl. The van der Waals surface area contributed by atoms with E-state index < -0.39 is 6.04 Å². The molecule has 0 fully saturated rings. The number of aromatic hydroxyl groups is 1. The summed E-state index contributed by atoms with van der Waals surface area (Å²) in [6, 6.07) is 6.52. The number of phenols is 1. The summed E-state index contributed by atoms with van der Waals surface area (Å²) in [5, 5.41) is 13.2. The lowest BCUT2D eigenvalue weighted by atomic mass is 9.91.